The van der Waals surface area contributed by atoms with Crippen molar-refractivity contribution in [2.45, 2.75) is 6.61 Å². The molecule has 1 rings (SSSR count). The molecule has 3 nitrogen and oxygen atoms in total. The quantitative estimate of drug-likeness (QED) is 0.602. The molecular formula is C9H10FNO2. The van der Waals surface area contributed by atoms with Crippen molar-refractivity contribution in [2.75, 3.05) is 0 Å². The van der Waals surface area contributed by atoms with Gasteiger partial charge in [-0.1, -0.05) is 6.07 Å². The van der Waals surface area contributed by atoms with Crippen molar-refractivity contribution in [3.63, 3.8) is 0 Å². The third kappa shape index (κ3) is 1.97. The molecule has 0 saturated carbocycles. The molecule has 0 unspecified atom stereocenters. The SMILES string of the molecule is N/C(=C/O)c1ccc(CO)cc1F. The zero-order chi connectivity index (χ0) is 9.84. The molecule has 0 atom stereocenters. The fraction of sp³-hybridized carbons (Fsp3) is 0.111. The predicted molar refractivity (Wildman–Crippen MR) is 47.1 cm³/mol. The first-order valence-corrected chi connectivity index (χ1v) is 3.68. The molecule has 0 aliphatic carbocycles. The Morgan fingerprint density at radius 3 is 2.69 bits per heavy atom. The molecule has 1 aromatic carbocycles. The topological polar surface area (TPSA) is 66.5 Å². The fourth-order valence-electron chi connectivity index (χ4n) is 0.961. The van der Waals surface area contributed by atoms with E-state index in [1.807, 2.05) is 0 Å². The normalized spacial score (nSPS) is 11.7. The molecule has 0 aromatic heterocycles. The van der Waals surface area contributed by atoms with Gasteiger partial charge >= 0.3 is 0 Å². The molecule has 70 valence electrons. The predicted octanol–water partition coefficient (Wildman–Crippen LogP) is 1.13. The average molecular weight is 183 g/mol. The molecule has 0 bridgehead atoms. The Hall–Kier alpha value is -1.55. The highest BCUT2D eigenvalue weighted by atomic mass is 19.1. The van der Waals surface area contributed by atoms with E-state index in [-0.39, 0.29) is 17.9 Å². The first-order chi connectivity index (χ1) is 6.19. The van der Waals surface area contributed by atoms with Gasteiger partial charge in [0.2, 0.25) is 0 Å². The molecule has 4 N–H and O–H groups in total. The number of rotatable bonds is 2. The van der Waals surface area contributed by atoms with Gasteiger partial charge in [0.15, 0.2) is 0 Å². The third-order valence-electron chi connectivity index (χ3n) is 1.67. The molecule has 0 amide bonds. The molecule has 1 aromatic rings. The van der Waals surface area contributed by atoms with Gasteiger partial charge in [0.25, 0.3) is 0 Å². The molecule has 13 heavy (non-hydrogen) atoms. The second-order valence-electron chi connectivity index (χ2n) is 2.56. The van der Waals surface area contributed by atoms with Crippen LogP contribution in [0.4, 0.5) is 4.39 Å². The number of benzene rings is 1. The van der Waals surface area contributed by atoms with E-state index < -0.39 is 5.82 Å². The van der Waals surface area contributed by atoms with Crippen molar-refractivity contribution in [2.24, 2.45) is 5.73 Å². The summed E-state index contributed by atoms with van der Waals surface area (Å²) in [4.78, 5) is 0. The minimum Gasteiger partial charge on any atom is -0.513 e. The van der Waals surface area contributed by atoms with E-state index in [0.717, 1.165) is 0 Å². The Bertz CT molecular complexity index is 336. The van der Waals surface area contributed by atoms with Crippen LogP contribution in [-0.2, 0) is 6.61 Å². The van der Waals surface area contributed by atoms with Crippen LogP contribution in [0.15, 0.2) is 24.5 Å². The first kappa shape index (κ1) is 9.54. The Morgan fingerprint density at radius 1 is 1.54 bits per heavy atom. The Balaban J connectivity index is 3.12. The van der Waals surface area contributed by atoms with Crippen LogP contribution >= 0.6 is 0 Å². The number of aliphatic hydroxyl groups is 2. The van der Waals surface area contributed by atoms with Crippen molar-refractivity contribution in [1.29, 1.82) is 0 Å². The summed E-state index contributed by atoms with van der Waals surface area (Å²) in [6, 6.07) is 4.11. The monoisotopic (exact) mass is 183 g/mol. The second-order valence-corrected chi connectivity index (χ2v) is 2.56. The fourth-order valence-corrected chi connectivity index (χ4v) is 0.961. The van der Waals surface area contributed by atoms with E-state index in [2.05, 4.69) is 0 Å². The van der Waals surface area contributed by atoms with Crippen LogP contribution in [-0.4, -0.2) is 10.2 Å². The lowest BCUT2D eigenvalue weighted by Crippen LogP contribution is -2.00. The third-order valence-corrected chi connectivity index (χ3v) is 1.67. The lowest BCUT2D eigenvalue weighted by atomic mass is 10.1. The average Bonchev–Trinajstić information content (AvgIpc) is 2.16. The number of nitrogens with two attached hydrogens (primary N) is 1. The van der Waals surface area contributed by atoms with E-state index in [0.29, 0.717) is 11.8 Å². The summed E-state index contributed by atoms with van der Waals surface area (Å²) in [6.45, 7) is -0.222. The molecule has 0 aliphatic rings. The van der Waals surface area contributed by atoms with E-state index in [4.69, 9.17) is 15.9 Å². The van der Waals surface area contributed by atoms with Crippen molar-refractivity contribution in [3.8, 4) is 0 Å². The van der Waals surface area contributed by atoms with Crippen LogP contribution in [0.25, 0.3) is 5.70 Å². The highest BCUT2D eigenvalue weighted by molar-refractivity contribution is 5.62. The summed E-state index contributed by atoms with van der Waals surface area (Å²) in [7, 11) is 0. The van der Waals surface area contributed by atoms with Crippen LogP contribution in [0.5, 0.6) is 0 Å². The Labute approximate surface area is 74.9 Å². The largest absolute Gasteiger partial charge is 0.513 e. The summed E-state index contributed by atoms with van der Waals surface area (Å²) in [6.07, 6.45) is 0.636. The number of aliphatic hydroxyl groups excluding tert-OH is 2. The van der Waals surface area contributed by atoms with Crippen molar-refractivity contribution in [1.82, 2.24) is 0 Å². The van der Waals surface area contributed by atoms with Gasteiger partial charge < -0.3 is 15.9 Å². The molecule has 0 heterocycles. The minimum atomic E-state index is -0.561. The van der Waals surface area contributed by atoms with Crippen molar-refractivity contribution >= 4 is 5.70 Å². The molecule has 0 saturated heterocycles. The summed E-state index contributed by atoms with van der Waals surface area (Å²) in [5.41, 5.74) is 5.84. The van der Waals surface area contributed by atoms with E-state index in [9.17, 15) is 4.39 Å². The zero-order valence-corrected chi connectivity index (χ0v) is 6.87. The van der Waals surface area contributed by atoms with Gasteiger partial charge in [0.05, 0.1) is 12.3 Å². The van der Waals surface area contributed by atoms with E-state index in [1.54, 1.807) is 0 Å². The Morgan fingerprint density at radius 2 is 2.23 bits per heavy atom. The molecular weight excluding hydrogens is 173 g/mol. The number of halogens is 1. The smallest absolute Gasteiger partial charge is 0.132 e. The molecule has 0 aliphatic heterocycles. The minimum absolute atomic E-state index is 0.0398. The lowest BCUT2D eigenvalue weighted by Gasteiger charge is -2.03. The summed E-state index contributed by atoms with van der Waals surface area (Å²) in [5, 5.41) is 17.2. The maximum absolute atomic E-state index is 13.1. The first-order valence-electron chi connectivity index (χ1n) is 3.68. The van der Waals surface area contributed by atoms with Gasteiger partial charge in [0.1, 0.15) is 12.1 Å². The molecule has 0 spiro atoms. The number of hydrogen-bond donors (Lipinski definition) is 3. The van der Waals surface area contributed by atoms with Gasteiger partial charge in [-0.2, -0.15) is 0 Å². The molecule has 0 radical (unpaired) electrons. The zero-order valence-electron chi connectivity index (χ0n) is 6.87. The lowest BCUT2D eigenvalue weighted by molar-refractivity contribution is 0.281. The highest BCUT2D eigenvalue weighted by Gasteiger charge is 2.05. The molecule has 0 fully saturated rings. The van der Waals surface area contributed by atoms with Crippen LogP contribution in [0.2, 0.25) is 0 Å². The Kier molecular flexibility index (Phi) is 2.87. The van der Waals surface area contributed by atoms with Crippen LogP contribution in [0.3, 0.4) is 0 Å². The summed E-state index contributed by atoms with van der Waals surface area (Å²) >= 11 is 0. The standard InChI is InChI=1S/C9H10FNO2/c10-8-3-6(4-12)1-2-7(8)9(11)5-13/h1-3,5,12-13H,4,11H2/b9-5+. The van der Waals surface area contributed by atoms with Crippen LogP contribution in [0.1, 0.15) is 11.1 Å². The van der Waals surface area contributed by atoms with Crippen LogP contribution < -0.4 is 5.73 Å². The van der Waals surface area contributed by atoms with Gasteiger partial charge in [-0.3, -0.25) is 0 Å². The van der Waals surface area contributed by atoms with Gasteiger partial charge in [-0.05, 0) is 17.7 Å². The summed E-state index contributed by atoms with van der Waals surface area (Å²) in [5.74, 6) is -0.561. The van der Waals surface area contributed by atoms with Crippen molar-refractivity contribution in [3.05, 3.63) is 41.4 Å². The summed E-state index contributed by atoms with van der Waals surface area (Å²) < 4.78 is 13.1. The van der Waals surface area contributed by atoms with E-state index in [1.165, 1.54) is 18.2 Å². The molecule has 4 heteroatoms. The second kappa shape index (κ2) is 3.91. The van der Waals surface area contributed by atoms with E-state index >= 15 is 0 Å². The van der Waals surface area contributed by atoms with Crippen molar-refractivity contribution < 1.29 is 14.6 Å². The van der Waals surface area contributed by atoms with Crippen LogP contribution in [0, 0.1) is 5.82 Å². The number of hydrogen-bond acceptors (Lipinski definition) is 3. The van der Waals surface area contributed by atoms with Gasteiger partial charge in [-0.15, -0.1) is 0 Å². The highest BCUT2D eigenvalue weighted by Crippen LogP contribution is 2.15. The van der Waals surface area contributed by atoms with Gasteiger partial charge in [0, 0.05) is 5.56 Å². The van der Waals surface area contributed by atoms with Gasteiger partial charge in [-0.25, -0.2) is 4.39 Å². The maximum Gasteiger partial charge on any atom is 0.132 e. The maximum atomic E-state index is 13.1.